The van der Waals surface area contributed by atoms with Gasteiger partial charge in [-0.3, -0.25) is 9.69 Å². The van der Waals surface area contributed by atoms with Crippen LogP contribution in [0.2, 0.25) is 0 Å². The molecule has 0 aromatic rings. The Morgan fingerprint density at radius 3 is 2.27 bits per heavy atom. The molecule has 2 heterocycles. The van der Waals surface area contributed by atoms with Crippen LogP contribution in [-0.4, -0.2) is 60.5 Å². The Bertz CT molecular complexity index is 337. The van der Waals surface area contributed by atoms with Gasteiger partial charge in [0.15, 0.2) is 0 Å². The standard InChI is InChI=1S/C18H35N3O/c1-15(2)21-12-8-9-17(14-21)13-19-18(22)16(3)20-10-6-4-5-7-11-20/h15-17H,4-14H2,1-3H3,(H,19,22). The molecule has 0 bridgehead atoms. The van der Waals surface area contributed by atoms with E-state index in [2.05, 4.69) is 35.9 Å². The maximum absolute atomic E-state index is 12.4. The quantitative estimate of drug-likeness (QED) is 0.847. The van der Waals surface area contributed by atoms with E-state index < -0.39 is 0 Å². The highest BCUT2D eigenvalue weighted by Gasteiger charge is 2.25. The zero-order chi connectivity index (χ0) is 15.9. The van der Waals surface area contributed by atoms with Crippen LogP contribution in [0.5, 0.6) is 0 Å². The van der Waals surface area contributed by atoms with E-state index in [1.807, 2.05) is 0 Å². The second kappa shape index (κ2) is 8.88. The molecule has 2 rings (SSSR count). The van der Waals surface area contributed by atoms with E-state index in [-0.39, 0.29) is 11.9 Å². The van der Waals surface area contributed by atoms with Crippen molar-refractivity contribution in [1.29, 1.82) is 0 Å². The van der Waals surface area contributed by atoms with Crippen LogP contribution < -0.4 is 5.32 Å². The molecule has 2 saturated heterocycles. The van der Waals surface area contributed by atoms with E-state index in [0.29, 0.717) is 12.0 Å². The number of hydrogen-bond acceptors (Lipinski definition) is 3. The van der Waals surface area contributed by atoms with Gasteiger partial charge in [-0.05, 0) is 72.0 Å². The molecule has 0 radical (unpaired) electrons. The Kier molecular flexibility index (Phi) is 7.16. The summed E-state index contributed by atoms with van der Waals surface area (Å²) in [5.74, 6) is 0.847. The second-order valence-corrected chi connectivity index (χ2v) is 7.47. The normalized spacial score (nSPS) is 26.6. The molecule has 0 aromatic carbocycles. The van der Waals surface area contributed by atoms with Crippen LogP contribution in [-0.2, 0) is 4.79 Å². The zero-order valence-corrected chi connectivity index (χ0v) is 14.8. The van der Waals surface area contributed by atoms with Crippen molar-refractivity contribution in [1.82, 2.24) is 15.1 Å². The summed E-state index contributed by atoms with van der Waals surface area (Å²) in [7, 11) is 0. The SMILES string of the molecule is CC(C)N1CCCC(CNC(=O)C(C)N2CCCCCC2)C1. The average Bonchev–Trinajstić information content (AvgIpc) is 2.81. The highest BCUT2D eigenvalue weighted by Crippen LogP contribution is 2.18. The highest BCUT2D eigenvalue weighted by atomic mass is 16.2. The molecule has 4 nitrogen and oxygen atoms in total. The molecule has 0 aliphatic carbocycles. The maximum Gasteiger partial charge on any atom is 0.237 e. The molecule has 2 unspecified atom stereocenters. The van der Waals surface area contributed by atoms with Gasteiger partial charge in [-0.25, -0.2) is 0 Å². The van der Waals surface area contributed by atoms with E-state index in [1.165, 1.54) is 45.1 Å². The fourth-order valence-corrected chi connectivity index (χ4v) is 3.77. The minimum absolute atomic E-state index is 0.0305. The maximum atomic E-state index is 12.4. The fraction of sp³-hybridized carbons (Fsp3) is 0.944. The zero-order valence-electron chi connectivity index (χ0n) is 14.8. The molecule has 22 heavy (non-hydrogen) atoms. The average molecular weight is 309 g/mol. The summed E-state index contributed by atoms with van der Waals surface area (Å²) in [4.78, 5) is 17.4. The largest absolute Gasteiger partial charge is 0.354 e. The Morgan fingerprint density at radius 2 is 1.64 bits per heavy atom. The van der Waals surface area contributed by atoms with Gasteiger partial charge in [-0.15, -0.1) is 0 Å². The summed E-state index contributed by atoms with van der Waals surface area (Å²) in [5, 5.41) is 3.22. The van der Waals surface area contributed by atoms with Crippen molar-refractivity contribution in [3.8, 4) is 0 Å². The molecule has 4 heteroatoms. The number of likely N-dealkylation sites (tertiary alicyclic amines) is 2. The smallest absolute Gasteiger partial charge is 0.237 e. The lowest BCUT2D eigenvalue weighted by molar-refractivity contribution is -0.126. The minimum Gasteiger partial charge on any atom is -0.354 e. The number of rotatable bonds is 5. The van der Waals surface area contributed by atoms with E-state index in [0.717, 1.165) is 26.2 Å². The van der Waals surface area contributed by atoms with E-state index >= 15 is 0 Å². The third-order valence-corrected chi connectivity index (χ3v) is 5.41. The lowest BCUT2D eigenvalue weighted by Crippen LogP contribution is -2.48. The molecule has 2 aliphatic rings. The molecule has 2 fully saturated rings. The lowest BCUT2D eigenvalue weighted by atomic mass is 9.97. The number of piperidine rings is 1. The first-order valence-electron chi connectivity index (χ1n) is 9.33. The summed E-state index contributed by atoms with van der Waals surface area (Å²) in [6, 6.07) is 0.650. The molecular weight excluding hydrogens is 274 g/mol. The van der Waals surface area contributed by atoms with Crippen molar-refractivity contribution in [3.05, 3.63) is 0 Å². The van der Waals surface area contributed by atoms with E-state index in [9.17, 15) is 4.79 Å². The van der Waals surface area contributed by atoms with Crippen molar-refractivity contribution in [3.63, 3.8) is 0 Å². The fourth-order valence-electron chi connectivity index (χ4n) is 3.77. The van der Waals surface area contributed by atoms with E-state index in [4.69, 9.17) is 0 Å². The first kappa shape index (κ1) is 17.7. The Balaban J connectivity index is 1.74. The third-order valence-electron chi connectivity index (χ3n) is 5.41. The van der Waals surface area contributed by atoms with Gasteiger partial charge < -0.3 is 10.2 Å². The van der Waals surface area contributed by atoms with Gasteiger partial charge in [-0.2, -0.15) is 0 Å². The molecule has 2 atom stereocenters. The second-order valence-electron chi connectivity index (χ2n) is 7.47. The third kappa shape index (κ3) is 5.24. The minimum atomic E-state index is 0.0305. The topological polar surface area (TPSA) is 35.6 Å². The van der Waals surface area contributed by atoms with Gasteiger partial charge in [0.05, 0.1) is 6.04 Å². The Morgan fingerprint density at radius 1 is 1.00 bits per heavy atom. The van der Waals surface area contributed by atoms with E-state index in [1.54, 1.807) is 0 Å². The van der Waals surface area contributed by atoms with Gasteiger partial charge >= 0.3 is 0 Å². The van der Waals surface area contributed by atoms with Crippen LogP contribution in [0.25, 0.3) is 0 Å². The molecule has 1 amide bonds. The molecule has 1 N–H and O–H groups in total. The van der Waals surface area contributed by atoms with Crippen LogP contribution in [0.4, 0.5) is 0 Å². The molecule has 0 aromatic heterocycles. The Labute approximate surface area is 136 Å². The molecule has 0 spiro atoms. The van der Waals surface area contributed by atoms with Crippen molar-refractivity contribution in [2.45, 2.75) is 71.4 Å². The number of nitrogens with one attached hydrogen (secondary N) is 1. The monoisotopic (exact) mass is 309 g/mol. The number of amides is 1. The van der Waals surface area contributed by atoms with Crippen LogP contribution in [0.1, 0.15) is 59.3 Å². The highest BCUT2D eigenvalue weighted by molar-refractivity contribution is 5.81. The van der Waals surface area contributed by atoms with Crippen molar-refractivity contribution in [2.24, 2.45) is 5.92 Å². The first-order valence-corrected chi connectivity index (χ1v) is 9.33. The molecule has 0 saturated carbocycles. The number of nitrogens with zero attached hydrogens (tertiary/aromatic N) is 2. The predicted octanol–water partition coefficient (Wildman–Crippen LogP) is 2.49. The molecular formula is C18H35N3O. The van der Waals surface area contributed by atoms with Gasteiger partial charge in [-0.1, -0.05) is 12.8 Å². The van der Waals surface area contributed by atoms with Crippen molar-refractivity contribution >= 4 is 5.91 Å². The molecule has 2 aliphatic heterocycles. The van der Waals surface area contributed by atoms with Crippen LogP contribution >= 0.6 is 0 Å². The summed E-state index contributed by atoms with van der Waals surface area (Å²) in [6.45, 7) is 12.0. The summed E-state index contributed by atoms with van der Waals surface area (Å²) < 4.78 is 0. The summed E-state index contributed by atoms with van der Waals surface area (Å²) >= 11 is 0. The van der Waals surface area contributed by atoms with Crippen LogP contribution in [0.15, 0.2) is 0 Å². The van der Waals surface area contributed by atoms with Gasteiger partial charge in [0.25, 0.3) is 0 Å². The first-order chi connectivity index (χ1) is 10.6. The number of carbonyl (C=O) groups excluding carboxylic acids is 1. The van der Waals surface area contributed by atoms with Gasteiger partial charge in [0.1, 0.15) is 0 Å². The molecule has 128 valence electrons. The van der Waals surface area contributed by atoms with Crippen LogP contribution in [0, 0.1) is 5.92 Å². The van der Waals surface area contributed by atoms with Crippen molar-refractivity contribution < 1.29 is 4.79 Å². The van der Waals surface area contributed by atoms with Crippen molar-refractivity contribution in [2.75, 3.05) is 32.7 Å². The Hall–Kier alpha value is -0.610. The number of hydrogen-bond donors (Lipinski definition) is 1. The predicted molar refractivity (Wildman–Crippen MR) is 91.9 cm³/mol. The number of carbonyl (C=O) groups is 1. The lowest BCUT2D eigenvalue weighted by Gasteiger charge is -2.36. The summed E-state index contributed by atoms with van der Waals surface area (Å²) in [6.07, 6.45) is 7.63. The van der Waals surface area contributed by atoms with Gasteiger partial charge in [0.2, 0.25) is 5.91 Å². The van der Waals surface area contributed by atoms with Crippen LogP contribution in [0.3, 0.4) is 0 Å². The summed E-state index contributed by atoms with van der Waals surface area (Å²) in [5.41, 5.74) is 0. The van der Waals surface area contributed by atoms with Gasteiger partial charge in [0, 0.05) is 19.1 Å².